The van der Waals surface area contributed by atoms with Gasteiger partial charge in [-0.25, -0.2) is 0 Å². The summed E-state index contributed by atoms with van der Waals surface area (Å²) in [7, 11) is 2.43. The second kappa shape index (κ2) is 8.47. The lowest BCUT2D eigenvalue weighted by atomic mass is 10.1. The first-order valence-corrected chi connectivity index (χ1v) is 4.65. The maximum atomic E-state index is 12.3. The minimum atomic E-state index is -4.39. The monoisotopic (exact) mass is 225 g/mol. The lowest BCUT2D eigenvalue weighted by Gasteiger charge is -2.19. The van der Waals surface area contributed by atoms with Gasteiger partial charge in [0.05, 0.1) is 0 Å². The van der Waals surface area contributed by atoms with Crippen molar-refractivity contribution in [3.63, 3.8) is 0 Å². The van der Waals surface area contributed by atoms with E-state index in [0.717, 1.165) is 13.3 Å². The predicted molar refractivity (Wildman–Crippen MR) is 56.4 cm³/mol. The van der Waals surface area contributed by atoms with Gasteiger partial charge in [0, 0.05) is 25.9 Å². The van der Waals surface area contributed by atoms with Crippen molar-refractivity contribution in [1.82, 2.24) is 0 Å². The molecule has 2 nitrogen and oxygen atoms in total. The zero-order valence-electron chi connectivity index (χ0n) is 9.72. The highest BCUT2D eigenvalue weighted by atomic mass is 19.4. The van der Waals surface area contributed by atoms with E-state index in [1.165, 1.54) is 20.0 Å². The highest BCUT2D eigenvalue weighted by Gasteiger charge is 2.41. The molecule has 0 N–H and O–H groups in total. The predicted octanol–water partition coefficient (Wildman–Crippen LogP) is 3.24. The molecule has 0 amide bonds. The molecule has 0 heterocycles. The normalized spacial score (nSPS) is 14.8. The number of hydrogen-bond donors (Lipinski definition) is 0. The third kappa shape index (κ3) is 6.28. The van der Waals surface area contributed by atoms with Crippen LogP contribution in [0.5, 0.6) is 0 Å². The second-order valence-corrected chi connectivity index (χ2v) is 2.33. The average molecular weight is 225 g/mol. The number of aliphatic imine (C=N–C) groups is 1. The minimum absolute atomic E-state index is 0.0116. The molecule has 0 radical (unpaired) electrons. The average Bonchev–Trinajstić information content (AvgIpc) is 2.18. The van der Waals surface area contributed by atoms with E-state index in [9.17, 15) is 13.2 Å². The molecule has 0 rings (SSSR count). The largest absolute Gasteiger partial charge is 0.418 e. The molecule has 0 spiro atoms. The number of ether oxygens (including phenoxy) is 1. The van der Waals surface area contributed by atoms with Crippen molar-refractivity contribution in [2.24, 2.45) is 4.99 Å². The first-order valence-electron chi connectivity index (χ1n) is 4.65. The van der Waals surface area contributed by atoms with Crippen LogP contribution in [0.15, 0.2) is 16.6 Å². The van der Waals surface area contributed by atoms with Crippen molar-refractivity contribution in [1.29, 1.82) is 0 Å². The molecule has 0 aliphatic heterocycles. The molecule has 0 aromatic heterocycles. The van der Waals surface area contributed by atoms with E-state index in [1.807, 2.05) is 13.8 Å². The van der Waals surface area contributed by atoms with Gasteiger partial charge in [-0.1, -0.05) is 19.9 Å². The Bertz CT molecular complexity index is 209. The number of methoxy groups -OCH3 is 1. The van der Waals surface area contributed by atoms with E-state index >= 15 is 0 Å². The Labute approximate surface area is 88.8 Å². The Morgan fingerprint density at radius 3 is 2.00 bits per heavy atom. The summed E-state index contributed by atoms with van der Waals surface area (Å²) in [4.78, 5) is 3.52. The molecule has 90 valence electrons. The van der Waals surface area contributed by atoms with Crippen LogP contribution in [-0.4, -0.2) is 32.7 Å². The summed E-state index contributed by atoms with van der Waals surface area (Å²) in [6, 6.07) is 0. The van der Waals surface area contributed by atoms with Gasteiger partial charge in [-0.2, -0.15) is 13.2 Å². The number of allylic oxidation sites excluding steroid dienone is 1. The quantitative estimate of drug-likeness (QED) is 0.676. The first kappa shape index (κ1) is 16.6. The van der Waals surface area contributed by atoms with E-state index in [-0.39, 0.29) is 5.57 Å². The molecular formula is C10H18F3NO. The fourth-order valence-corrected chi connectivity index (χ4v) is 0.901. The van der Waals surface area contributed by atoms with Gasteiger partial charge in [0.2, 0.25) is 0 Å². The van der Waals surface area contributed by atoms with Gasteiger partial charge in [-0.3, -0.25) is 4.99 Å². The highest BCUT2D eigenvalue weighted by Crippen LogP contribution is 2.26. The topological polar surface area (TPSA) is 21.6 Å². The second-order valence-electron chi connectivity index (χ2n) is 2.33. The van der Waals surface area contributed by atoms with E-state index < -0.39 is 12.3 Å². The Balaban J connectivity index is 0. The highest BCUT2D eigenvalue weighted by molar-refractivity contribution is 5.79. The van der Waals surface area contributed by atoms with Crippen LogP contribution in [0.2, 0.25) is 0 Å². The minimum Gasteiger partial charge on any atom is -0.367 e. The molecule has 0 aliphatic carbocycles. The molecule has 1 atom stereocenters. The Hall–Kier alpha value is -0.840. The Kier molecular flexibility index (Phi) is 9.36. The van der Waals surface area contributed by atoms with Gasteiger partial charge in [-0.05, 0) is 6.92 Å². The summed E-state index contributed by atoms with van der Waals surface area (Å²) in [5.74, 6) is 0. The Morgan fingerprint density at radius 1 is 1.33 bits per heavy atom. The van der Waals surface area contributed by atoms with Crippen LogP contribution < -0.4 is 0 Å². The van der Waals surface area contributed by atoms with Crippen molar-refractivity contribution in [3.8, 4) is 0 Å². The molecule has 15 heavy (non-hydrogen) atoms. The van der Waals surface area contributed by atoms with Gasteiger partial charge in [-0.15, -0.1) is 0 Å². The molecule has 5 heteroatoms. The molecule has 0 bridgehead atoms. The van der Waals surface area contributed by atoms with E-state index in [2.05, 4.69) is 9.73 Å². The van der Waals surface area contributed by atoms with Crippen LogP contribution in [0.3, 0.4) is 0 Å². The van der Waals surface area contributed by atoms with Crippen LogP contribution >= 0.6 is 0 Å². The van der Waals surface area contributed by atoms with Crippen LogP contribution in [0.4, 0.5) is 13.2 Å². The van der Waals surface area contributed by atoms with E-state index in [4.69, 9.17) is 0 Å². The summed E-state index contributed by atoms with van der Waals surface area (Å²) in [5, 5.41) is 0. The Morgan fingerprint density at radius 2 is 1.80 bits per heavy atom. The fourth-order valence-electron chi connectivity index (χ4n) is 0.901. The van der Waals surface area contributed by atoms with Crippen molar-refractivity contribution in [2.75, 3.05) is 14.2 Å². The van der Waals surface area contributed by atoms with Crippen LogP contribution in [0.1, 0.15) is 20.8 Å². The van der Waals surface area contributed by atoms with Gasteiger partial charge in [0.15, 0.2) is 6.10 Å². The van der Waals surface area contributed by atoms with E-state index in [1.54, 1.807) is 0 Å². The molecule has 0 aliphatic rings. The molecule has 1 unspecified atom stereocenters. The summed E-state index contributed by atoms with van der Waals surface area (Å²) in [5.41, 5.74) is 0.0116. The van der Waals surface area contributed by atoms with Gasteiger partial charge in [0.1, 0.15) is 0 Å². The summed E-state index contributed by atoms with van der Waals surface area (Å²) in [6.45, 7) is 5.51. The van der Waals surface area contributed by atoms with Gasteiger partial charge >= 0.3 is 6.18 Å². The zero-order valence-corrected chi connectivity index (χ0v) is 9.72. The molecule has 0 saturated heterocycles. The van der Waals surface area contributed by atoms with Crippen molar-refractivity contribution in [3.05, 3.63) is 11.6 Å². The van der Waals surface area contributed by atoms with Crippen LogP contribution in [-0.2, 0) is 4.74 Å². The molecular weight excluding hydrogens is 207 g/mol. The lowest BCUT2D eigenvalue weighted by Crippen LogP contribution is -2.33. The van der Waals surface area contributed by atoms with Gasteiger partial charge < -0.3 is 4.74 Å². The standard InChI is InChI=1S/C8H12F3NO.C2H6/c1-4-6(5-12-2)7(13-3)8(9,10)11;1-2/h4-5,7H,1-3H3;1-2H3/b6-4+,12-5?;. The van der Waals surface area contributed by atoms with Crippen molar-refractivity contribution >= 4 is 6.21 Å². The van der Waals surface area contributed by atoms with Crippen LogP contribution in [0, 0.1) is 0 Å². The molecule has 0 fully saturated rings. The molecule has 0 aromatic rings. The summed E-state index contributed by atoms with van der Waals surface area (Å²) >= 11 is 0. The number of rotatable bonds is 3. The third-order valence-electron chi connectivity index (χ3n) is 1.45. The maximum absolute atomic E-state index is 12.3. The maximum Gasteiger partial charge on any atom is 0.418 e. The lowest BCUT2D eigenvalue weighted by molar-refractivity contribution is -0.198. The molecule has 0 aromatic carbocycles. The third-order valence-corrected chi connectivity index (χ3v) is 1.45. The summed E-state index contributed by atoms with van der Waals surface area (Å²) < 4.78 is 41.1. The summed E-state index contributed by atoms with van der Waals surface area (Å²) in [6.07, 6.45) is -3.81. The zero-order chi connectivity index (χ0) is 12.5. The smallest absolute Gasteiger partial charge is 0.367 e. The number of hydrogen-bond acceptors (Lipinski definition) is 2. The number of nitrogens with zero attached hydrogens (tertiary/aromatic N) is 1. The first-order chi connectivity index (χ1) is 6.97. The van der Waals surface area contributed by atoms with E-state index in [0.29, 0.717) is 0 Å². The van der Waals surface area contributed by atoms with Gasteiger partial charge in [0.25, 0.3) is 0 Å². The van der Waals surface area contributed by atoms with Crippen molar-refractivity contribution < 1.29 is 17.9 Å². The molecule has 0 saturated carbocycles. The fraction of sp³-hybridized carbons (Fsp3) is 0.700. The SMILES string of the molecule is C/C=C(\C=NC)C(OC)C(F)(F)F.CC. The number of alkyl halides is 3. The number of halogens is 3. The van der Waals surface area contributed by atoms with Crippen LogP contribution in [0.25, 0.3) is 0 Å². The van der Waals surface area contributed by atoms with Crippen molar-refractivity contribution in [2.45, 2.75) is 33.1 Å².